The van der Waals surface area contributed by atoms with Crippen LogP contribution in [0.4, 0.5) is 0 Å². The number of rotatable bonds is 3. The first-order valence-corrected chi connectivity index (χ1v) is 7.43. The lowest BCUT2D eigenvalue weighted by Crippen LogP contribution is -2.24. The van der Waals surface area contributed by atoms with Crippen LogP contribution >= 0.6 is 0 Å². The van der Waals surface area contributed by atoms with E-state index in [2.05, 4.69) is 4.90 Å². The maximum Gasteiger partial charge on any atom is 0.191 e. The number of aromatic hydroxyl groups is 1. The number of fused-ring (bicyclic) bond motifs is 1. The number of nitrogens with zero attached hydrogens (tertiary/aromatic N) is 1. The molecule has 1 fully saturated rings. The van der Waals surface area contributed by atoms with E-state index in [1.54, 1.807) is 12.1 Å². The monoisotopic (exact) mass is 281 g/mol. The Morgan fingerprint density at radius 3 is 2.62 bits per heavy atom. The molecule has 0 atom stereocenters. The molecule has 1 heterocycles. The van der Waals surface area contributed by atoms with Crippen molar-refractivity contribution in [2.24, 2.45) is 0 Å². The Morgan fingerprint density at radius 2 is 1.81 bits per heavy atom. The van der Waals surface area contributed by atoms with Crippen molar-refractivity contribution in [2.75, 3.05) is 13.1 Å². The summed E-state index contributed by atoms with van der Waals surface area (Å²) in [6.45, 7) is 2.01. The molecule has 2 aromatic rings. The zero-order valence-corrected chi connectivity index (χ0v) is 12.0. The Hall–Kier alpha value is -2.29. The SMILES string of the molecule is O=C(/C=C/N1CCCCC1)c1c(O)ccc2ccccc12. The molecule has 1 aliphatic heterocycles. The highest BCUT2D eigenvalue weighted by atomic mass is 16.3. The van der Waals surface area contributed by atoms with E-state index in [0.29, 0.717) is 5.56 Å². The third-order valence-electron chi connectivity index (χ3n) is 3.98. The highest BCUT2D eigenvalue weighted by Crippen LogP contribution is 2.27. The van der Waals surface area contributed by atoms with Crippen molar-refractivity contribution in [1.29, 1.82) is 0 Å². The van der Waals surface area contributed by atoms with Gasteiger partial charge in [0.15, 0.2) is 5.78 Å². The fraction of sp³-hybridized carbons (Fsp3) is 0.278. The second-order valence-corrected chi connectivity index (χ2v) is 5.46. The van der Waals surface area contributed by atoms with Crippen molar-refractivity contribution >= 4 is 16.6 Å². The molecule has 0 unspecified atom stereocenters. The molecule has 0 spiro atoms. The van der Waals surface area contributed by atoms with Gasteiger partial charge in [0.25, 0.3) is 0 Å². The average Bonchev–Trinajstić information content (AvgIpc) is 2.53. The van der Waals surface area contributed by atoms with Crippen molar-refractivity contribution in [1.82, 2.24) is 4.90 Å². The Kier molecular flexibility index (Phi) is 3.91. The van der Waals surface area contributed by atoms with Crippen LogP contribution in [0.15, 0.2) is 48.7 Å². The molecule has 3 heteroatoms. The van der Waals surface area contributed by atoms with Crippen LogP contribution < -0.4 is 0 Å². The number of benzene rings is 2. The van der Waals surface area contributed by atoms with Crippen molar-refractivity contribution in [2.45, 2.75) is 19.3 Å². The number of carbonyl (C=O) groups excluding carboxylic acids is 1. The van der Waals surface area contributed by atoms with Crippen LogP contribution in [0.2, 0.25) is 0 Å². The molecule has 0 amide bonds. The van der Waals surface area contributed by atoms with E-state index >= 15 is 0 Å². The van der Waals surface area contributed by atoms with E-state index in [9.17, 15) is 9.90 Å². The van der Waals surface area contributed by atoms with Crippen LogP contribution in [0.1, 0.15) is 29.6 Å². The van der Waals surface area contributed by atoms with E-state index in [4.69, 9.17) is 0 Å². The Balaban J connectivity index is 1.90. The second-order valence-electron chi connectivity index (χ2n) is 5.46. The van der Waals surface area contributed by atoms with Gasteiger partial charge in [-0.25, -0.2) is 0 Å². The summed E-state index contributed by atoms with van der Waals surface area (Å²) in [5, 5.41) is 11.8. The second kappa shape index (κ2) is 6.00. The van der Waals surface area contributed by atoms with Gasteiger partial charge in [0.2, 0.25) is 0 Å². The quantitative estimate of drug-likeness (QED) is 0.688. The summed E-state index contributed by atoms with van der Waals surface area (Å²) in [6, 6.07) is 11.0. The highest BCUT2D eigenvalue weighted by molar-refractivity contribution is 6.15. The normalized spacial score (nSPS) is 15.7. The number of hydrogen-bond acceptors (Lipinski definition) is 3. The molecule has 1 saturated heterocycles. The maximum atomic E-state index is 12.4. The third kappa shape index (κ3) is 2.92. The molecule has 1 N–H and O–H groups in total. The smallest absolute Gasteiger partial charge is 0.191 e. The molecule has 2 aromatic carbocycles. The van der Waals surface area contributed by atoms with E-state index in [1.165, 1.54) is 19.3 Å². The van der Waals surface area contributed by atoms with E-state index in [-0.39, 0.29) is 11.5 Å². The van der Waals surface area contributed by atoms with E-state index < -0.39 is 0 Å². The summed E-state index contributed by atoms with van der Waals surface area (Å²) in [7, 11) is 0. The lowest BCUT2D eigenvalue weighted by molar-refractivity contribution is 0.104. The van der Waals surface area contributed by atoms with Crippen LogP contribution in [0, 0.1) is 0 Å². The fourth-order valence-corrected chi connectivity index (χ4v) is 2.84. The van der Waals surface area contributed by atoms with Crippen molar-refractivity contribution in [3.63, 3.8) is 0 Å². The van der Waals surface area contributed by atoms with E-state index in [1.807, 2.05) is 36.5 Å². The Bertz CT molecular complexity index is 685. The van der Waals surface area contributed by atoms with Gasteiger partial charge in [-0.2, -0.15) is 0 Å². The molecule has 3 nitrogen and oxygen atoms in total. The molecule has 21 heavy (non-hydrogen) atoms. The van der Waals surface area contributed by atoms with Crippen molar-refractivity contribution in [3.8, 4) is 5.75 Å². The average molecular weight is 281 g/mol. The molecule has 0 saturated carbocycles. The standard InChI is InChI=1S/C18H19NO2/c20-16-9-8-14-6-2-3-7-15(14)18(16)17(21)10-13-19-11-4-1-5-12-19/h2-3,6-10,13,20H,1,4-5,11-12H2/b13-10+. The molecule has 0 aliphatic carbocycles. The Labute approximate surface area is 124 Å². The number of piperidine rings is 1. The molecule has 0 radical (unpaired) electrons. The largest absolute Gasteiger partial charge is 0.507 e. The first-order chi connectivity index (χ1) is 10.3. The van der Waals surface area contributed by atoms with Gasteiger partial charge in [0.1, 0.15) is 5.75 Å². The highest BCUT2D eigenvalue weighted by Gasteiger charge is 2.13. The minimum Gasteiger partial charge on any atom is -0.507 e. The van der Waals surface area contributed by atoms with Crippen LogP contribution in [0.5, 0.6) is 5.75 Å². The summed E-state index contributed by atoms with van der Waals surface area (Å²) >= 11 is 0. The summed E-state index contributed by atoms with van der Waals surface area (Å²) in [4.78, 5) is 14.6. The summed E-state index contributed by atoms with van der Waals surface area (Å²) in [6.07, 6.45) is 7.06. The van der Waals surface area contributed by atoms with Gasteiger partial charge in [0, 0.05) is 25.4 Å². The summed E-state index contributed by atoms with van der Waals surface area (Å²) < 4.78 is 0. The van der Waals surface area contributed by atoms with Gasteiger partial charge >= 0.3 is 0 Å². The molecule has 108 valence electrons. The number of likely N-dealkylation sites (tertiary alicyclic amines) is 1. The van der Waals surface area contributed by atoms with Gasteiger partial charge in [-0.05, 0) is 36.1 Å². The van der Waals surface area contributed by atoms with Crippen LogP contribution in [0.3, 0.4) is 0 Å². The fourth-order valence-electron chi connectivity index (χ4n) is 2.84. The first-order valence-electron chi connectivity index (χ1n) is 7.43. The van der Waals surface area contributed by atoms with Gasteiger partial charge in [-0.15, -0.1) is 0 Å². The molecular weight excluding hydrogens is 262 g/mol. The van der Waals surface area contributed by atoms with Crippen molar-refractivity contribution < 1.29 is 9.90 Å². The molecule has 0 aromatic heterocycles. The van der Waals surface area contributed by atoms with Gasteiger partial charge in [0.05, 0.1) is 5.56 Å². The number of ketones is 1. The number of carbonyl (C=O) groups is 1. The minimum atomic E-state index is -0.144. The summed E-state index contributed by atoms with van der Waals surface area (Å²) in [5.41, 5.74) is 0.390. The van der Waals surface area contributed by atoms with Gasteiger partial charge < -0.3 is 10.0 Å². The number of allylic oxidation sites excluding steroid dienone is 1. The zero-order chi connectivity index (χ0) is 14.7. The van der Waals surface area contributed by atoms with Crippen molar-refractivity contribution in [3.05, 3.63) is 54.2 Å². The third-order valence-corrected chi connectivity index (χ3v) is 3.98. The van der Waals surface area contributed by atoms with E-state index in [0.717, 1.165) is 23.9 Å². The maximum absolute atomic E-state index is 12.4. The number of hydrogen-bond donors (Lipinski definition) is 1. The lowest BCUT2D eigenvalue weighted by atomic mass is 10.00. The number of phenols is 1. The van der Waals surface area contributed by atoms with Crippen LogP contribution in [-0.4, -0.2) is 28.9 Å². The zero-order valence-electron chi connectivity index (χ0n) is 12.0. The predicted octanol–water partition coefficient (Wildman–Crippen LogP) is 3.73. The molecular formula is C18H19NO2. The number of phenolic OH excluding ortho intramolecular Hbond substituents is 1. The first kappa shape index (κ1) is 13.7. The molecule has 3 rings (SSSR count). The minimum absolute atomic E-state index is 0.0435. The molecule has 1 aliphatic rings. The van der Waals surface area contributed by atoms with Crippen LogP contribution in [0.25, 0.3) is 10.8 Å². The lowest BCUT2D eigenvalue weighted by Gasteiger charge is -2.24. The van der Waals surface area contributed by atoms with Gasteiger partial charge in [-0.1, -0.05) is 30.3 Å². The van der Waals surface area contributed by atoms with Crippen LogP contribution in [-0.2, 0) is 0 Å². The predicted molar refractivity (Wildman–Crippen MR) is 84.5 cm³/mol. The summed E-state index contributed by atoms with van der Waals surface area (Å²) in [5.74, 6) is -0.100. The topological polar surface area (TPSA) is 40.5 Å². The molecule has 0 bridgehead atoms. The van der Waals surface area contributed by atoms with Gasteiger partial charge in [-0.3, -0.25) is 4.79 Å². The Morgan fingerprint density at radius 1 is 1.05 bits per heavy atom.